The van der Waals surface area contributed by atoms with Crippen LogP contribution in [0.4, 0.5) is 0 Å². The first kappa shape index (κ1) is 11.5. The highest BCUT2D eigenvalue weighted by Gasteiger charge is 2.31. The second kappa shape index (κ2) is 4.93. The van der Waals surface area contributed by atoms with Crippen LogP contribution < -0.4 is 0 Å². The molecule has 16 heavy (non-hydrogen) atoms. The molecule has 1 aromatic heterocycles. The van der Waals surface area contributed by atoms with Gasteiger partial charge in [-0.15, -0.1) is 5.10 Å². The maximum Gasteiger partial charge on any atom is 0.112 e. The number of ether oxygens (including phenoxy) is 1. The minimum atomic E-state index is -0.00943. The van der Waals surface area contributed by atoms with Crippen molar-refractivity contribution in [2.75, 3.05) is 13.7 Å². The van der Waals surface area contributed by atoms with Crippen LogP contribution in [0, 0.1) is 5.92 Å². The van der Waals surface area contributed by atoms with Gasteiger partial charge in [0.15, 0.2) is 0 Å². The Morgan fingerprint density at radius 2 is 2.31 bits per heavy atom. The van der Waals surface area contributed by atoms with Crippen molar-refractivity contribution in [3.05, 3.63) is 11.4 Å². The minimum absolute atomic E-state index is 0.00943. The average Bonchev–Trinajstić information content (AvgIpc) is 3.01. The molecule has 0 aromatic carbocycles. The standard InChI is InChI=1S/C11H19N3O2/c1-8(7-16-2)5-14-11(9-3-4-9)10(6-15)12-13-14/h8-9,15H,3-7H2,1-2H3. The fourth-order valence-electron chi connectivity index (χ4n) is 2.04. The molecule has 1 aromatic rings. The van der Waals surface area contributed by atoms with Gasteiger partial charge in [-0.1, -0.05) is 12.1 Å². The van der Waals surface area contributed by atoms with Crippen molar-refractivity contribution in [1.82, 2.24) is 15.0 Å². The van der Waals surface area contributed by atoms with Crippen molar-refractivity contribution in [3.8, 4) is 0 Å². The molecule has 1 aliphatic rings. The summed E-state index contributed by atoms with van der Waals surface area (Å²) in [6.07, 6.45) is 2.39. The summed E-state index contributed by atoms with van der Waals surface area (Å²) in [5, 5.41) is 17.4. The quantitative estimate of drug-likeness (QED) is 0.782. The Kier molecular flexibility index (Phi) is 3.56. The van der Waals surface area contributed by atoms with E-state index in [1.54, 1.807) is 7.11 Å². The highest BCUT2D eigenvalue weighted by molar-refractivity contribution is 5.19. The zero-order chi connectivity index (χ0) is 11.5. The Bertz CT molecular complexity index is 347. The number of aromatic nitrogens is 3. The molecule has 1 saturated carbocycles. The summed E-state index contributed by atoms with van der Waals surface area (Å²) in [7, 11) is 1.71. The number of nitrogens with zero attached hydrogens (tertiary/aromatic N) is 3. The van der Waals surface area contributed by atoms with Crippen molar-refractivity contribution in [2.45, 2.75) is 38.8 Å². The molecule has 1 fully saturated rings. The molecule has 5 heteroatoms. The zero-order valence-electron chi connectivity index (χ0n) is 9.89. The maximum atomic E-state index is 9.21. The summed E-state index contributed by atoms with van der Waals surface area (Å²) in [5.41, 5.74) is 1.87. The van der Waals surface area contributed by atoms with E-state index in [1.807, 2.05) is 4.68 Å². The molecular weight excluding hydrogens is 206 g/mol. The Morgan fingerprint density at radius 3 is 2.88 bits per heavy atom. The molecule has 0 radical (unpaired) electrons. The molecule has 1 unspecified atom stereocenters. The van der Waals surface area contributed by atoms with Gasteiger partial charge in [-0.2, -0.15) is 0 Å². The van der Waals surface area contributed by atoms with Gasteiger partial charge < -0.3 is 9.84 Å². The first-order valence-corrected chi connectivity index (χ1v) is 5.78. The van der Waals surface area contributed by atoms with Crippen molar-refractivity contribution < 1.29 is 9.84 Å². The van der Waals surface area contributed by atoms with Gasteiger partial charge >= 0.3 is 0 Å². The maximum absolute atomic E-state index is 9.21. The normalized spacial score (nSPS) is 17.7. The van der Waals surface area contributed by atoms with E-state index in [4.69, 9.17) is 4.74 Å². The summed E-state index contributed by atoms with van der Waals surface area (Å²) in [6, 6.07) is 0. The van der Waals surface area contributed by atoms with Crippen LogP contribution in [-0.4, -0.2) is 33.8 Å². The third kappa shape index (κ3) is 2.41. The van der Waals surface area contributed by atoms with Gasteiger partial charge in [0.1, 0.15) is 5.69 Å². The SMILES string of the molecule is COCC(C)Cn1nnc(CO)c1C1CC1. The van der Waals surface area contributed by atoms with Crippen LogP contribution in [0.3, 0.4) is 0 Å². The number of rotatable bonds is 6. The third-order valence-corrected chi connectivity index (χ3v) is 2.90. The number of hydrogen-bond acceptors (Lipinski definition) is 4. The van der Waals surface area contributed by atoms with Crippen molar-refractivity contribution in [2.24, 2.45) is 5.92 Å². The topological polar surface area (TPSA) is 60.2 Å². The molecule has 90 valence electrons. The molecule has 1 atom stereocenters. The predicted molar refractivity (Wildman–Crippen MR) is 59.0 cm³/mol. The van der Waals surface area contributed by atoms with Crippen LogP contribution >= 0.6 is 0 Å². The fraction of sp³-hybridized carbons (Fsp3) is 0.818. The predicted octanol–water partition coefficient (Wildman–Crippen LogP) is 0.930. The summed E-state index contributed by atoms with van der Waals surface area (Å²) >= 11 is 0. The van der Waals surface area contributed by atoms with Crippen molar-refractivity contribution >= 4 is 0 Å². The van der Waals surface area contributed by atoms with Crippen LogP contribution in [0.15, 0.2) is 0 Å². The second-order valence-electron chi connectivity index (χ2n) is 4.60. The number of aliphatic hydroxyl groups excluding tert-OH is 1. The van der Waals surface area contributed by atoms with E-state index in [2.05, 4.69) is 17.2 Å². The molecule has 2 rings (SSSR count). The highest BCUT2D eigenvalue weighted by Crippen LogP contribution is 2.41. The van der Waals surface area contributed by atoms with Gasteiger partial charge in [-0.05, 0) is 18.8 Å². The van der Waals surface area contributed by atoms with E-state index < -0.39 is 0 Å². The lowest BCUT2D eigenvalue weighted by Crippen LogP contribution is -2.15. The first-order chi connectivity index (χ1) is 7.76. The van der Waals surface area contributed by atoms with Crippen molar-refractivity contribution in [3.63, 3.8) is 0 Å². The second-order valence-corrected chi connectivity index (χ2v) is 4.60. The van der Waals surface area contributed by atoms with Crippen molar-refractivity contribution in [1.29, 1.82) is 0 Å². The summed E-state index contributed by atoms with van der Waals surface area (Å²) in [4.78, 5) is 0. The van der Waals surface area contributed by atoms with Gasteiger partial charge in [0.05, 0.1) is 18.9 Å². The summed E-state index contributed by atoms with van der Waals surface area (Å²) in [5.74, 6) is 0.975. The molecule has 5 nitrogen and oxygen atoms in total. The lowest BCUT2D eigenvalue weighted by Gasteiger charge is -2.12. The molecule has 1 N–H and O–H groups in total. The zero-order valence-corrected chi connectivity index (χ0v) is 9.89. The Balaban J connectivity index is 2.10. The molecule has 0 bridgehead atoms. The van der Waals surface area contributed by atoms with Gasteiger partial charge in [0, 0.05) is 19.6 Å². The van der Waals surface area contributed by atoms with Crippen LogP contribution in [0.2, 0.25) is 0 Å². The number of methoxy groups -OCH3 is 1. The van der Waals surface area contributed by atoms with E-state index in [9.17, 15) is 5.11 Å². The molecule has 1 aliphatic carbocycles. The molecule has 0 spiro atoms. The van der Waals surface area contributed by atoms with Gasteiger partial charge in [0.2, 0.25) is 0 Å². The fourth-order valence-corrected chi connectivity index (χ4v) is 2.04. The average molecular weight is 225 g/mol. The molecule has 1 heterocycles. The van der Waals surface area contributed by atoms with E-state index >= 15 is 0 Å². The van der Waals surface area contributed by atoms with E-state index in [1.165, 1.54) is 12.8 Å². The summed E-state index contributed by atoms with van der Waals surface area (Å²) < 4.78 is 7.05. The van der Waals surface area contributed by atoms with Crippen LogP contribution in [0.1, 0.15) is 37.1 Å². The van der Waals surface area contributed by atoms with E-state index in [-0.39, 0.29) is 6.61 Å². The first-order valence-electron chi connectivity index (χ1n) is 5.78. The Labute approximate surface area is 95.4 Å². The van der Waals surface area contributed by atoms with Crippen LogP contribution in [0.5, 0.6) is 0 Å². The molecule has 0 amide bonds. The Morgan fingerprint density at radius 1 is 1.56 bits per heavy atom. The van der Waals surface area contributed by atoms with Gasteiger partial charge in [0.25, 0.3) is 0 Å². The van der Waals surface area contributed by atoms with Gasteiger partial charge in [-0.25, -0.2) is 4.68 Å². The molecule has 0 aliphatic heterocycles. The monoisotopic (exact) mass is 225 g/mol. The Hall–Kier alpha value is -0.940. The highest BCUT2D eigenvalue weighted by atomic mass is 16.5. The third-order valence-electron chi connectivity index (χ3n) is 2.90. The minimum Gasteiger partial charge on any atom is -0.390 e. The van der Waals surface area contributed by atoms with Crippen LogP contribution in [-0.2, 0) is 17.9 Å². The summed E-state index contributed by atoms with van der Waals surface area (Å²) in [6.45, 7) is 3.65. The van der Waals surface area contributed by atoms with Gasteiger partial charge in [-0.3, -0.25) is 0 Å². The molecular formula is C11H19N3O2. The number of hydrogen-bond donors (Lipinski definition) is 1. The molecule has 0 saturated heterocycles. The lowest BCUT2D eigenvalue weighted by molar-refractivity contribution is 0.148. The lowest BCUT2D eigenvalue weighted by atomic mass is 10.2. The largest absolute Gasteiger partial charge is 0.390 e. The van der Waals surface area contributed by atoms with E-state index in [0.717, 1.165) is 24.5 Å². The van der Waals surface area contributed by atoms with E-state index in [0.29, 0.717) is 11.8 Å². The van der Waals surface area contributed by atoms with Crippen LogP contribution in [0.25, 0.3) is 0 Å². The smallest absolute Gasteiger partial charge is 0.112 e. The number of aliphatic hydroxyl groups is 1.